The van der Waals surface area contributed by atoms with Crippen molar-refractivity contribution in [3.63, 3.8) is 0 Å². The minimum absolute atomic E-state index is 0. The first-order valence-electron chi connectivity index (χ1n) is 23.4. The van der Waals surface area contributed by atoms with Crippen LogP contribution in [0.2, 0.25) is 0 Å². The zero-order valence-electron chi connectivity index (χ0n) is 42.3. The summed E-state index contributed by atoms with van der Waals surface area (Å²) in [6.07, 6.45) is 6.55. The second kappa shape index (κ2) is 44.5. The highest BCUT2D eigenvalue weighted by atomic mass is 16.2. The predicted molar refractivity (Wildman–Crippen MR) is 273 cm³/mol. The van der Waals surface area contributed by atoms with Crippen LogP contribution in [0.5, 0.6) is 0 Å². The largest absolute Gasteiger partial charge is 0.299 e. The third-order valence-electron chi connectivity index (χ3n) is 9.59. The zero-order chi connectivity index (χ0) is 46.6. The second-order valence-corrected chi connectivity index (χ2v) is 13.3. The van der Waals surface area contributed by atoms with E-state index in [4.69, 9.17) is 0 Å². The topological polar surface area (TPSA) is 102 Å². The summed E-state index contributed by atoms with van der Waals surface area (Å²) >= 11 is 0. The smallest absolute Gasteiger partial charge is 0.140 e. The van der Waals surface area contributed by atoms with E-state index in [9.17, 15) is 28.8 Å². The fourth-order valence-corrected chi connectivity index (χ4v) is 7.00. The molecule has 0 spiro atoms. The van der Waals surface area contributed by atoms with E-state index in [0.717, 1.165) is 30.4 Å². The lowest BCUT2D eigenvalue weighted by Crippen LogP contribution is -2.22. The van der Waals surface area contributed by atoms with Gasteiger partial charge in [-0.05, 0) is 70.4 Å². The van der Waals surface area contributed by atoms with Crippen LogP contribution in [0.4, 0.5) is 0 Å². The van der Waals surface area contributed by atoms with Gasteiger partial charge < -0.3 is 0 Å². The summed E-state index contributed by atoms with van der Waals surface area (Å²) in [5, 5.41) is 0. The van der Waals surface area contributed by atoms with Crippen molar-refractivity contribution in [1.82, 2.24) is 0 Å². The van der Waals surface area contributed by atoms with Crippen LogP contribution in [0.1, 0.15) is 213 Å². The van der Waals surface area contributed by atoms with Gasteiger partial charge >= 0.3 is 0 Å². The highest BCUT2D eigenvalue weighted by molar-refractivity contribution is 6.03. The number of carbonyl (C=O) groups is 6. The Kier molecular flexibility index (Phi) is 49.8. The lowest BCUT2D eigenvalue weighted by atomic mass is 9.80. The average molecular weight is 862 g/mol. The van der Waals surface area contributed by atoms with E-state index < -0.39 is 0 Å². The number of hydrogen-bond acceptors (Lipinski definition) is 6. The van der Waals surface area contributed by atoms with E-state index in [0.29, 0.717) is 38.5 Å². The van der Waals surface area contributed by atoms with Gasteiger partial charge in [-0.15, -0.1) is 0 Å². The first-order chi connectivity index (χ1) is 29.1. The van der Waals surface area contributed by atoms with E-state index in [1.165, 1.54) is 22.3 Å². The molecular formula is C54H84B3O6. The summed E-state index contributed by atoms with van der Waals surface area (Å²) in [4.78, 5) is 68.4. The van der Waals surface area contributed by atoms with Crippen molar-refractivity contribution < 1.29 is 28.8 Å². The maximum Gasteiger partial charge on any atom is 0.140 e. The Labute approximate surface area is 392 Å². The fourth-order valence-electron chi connectivity index (χ4n) is 7.00. The van der Waals surface area contributed by atoms with Crippen molar-refractivity contribution in [2.75, 3.05) is 0 Å². The van der Waals surface area contributed by atoms with Crippen LogP contribution >= 0.6 is 0 Å². The molecule has 0 aromatic heterocycles. The molecule has 9 radical (unpaired) electrons. The number of ketones is 6. The number of Topliss-reactive ketones (excluding diaryl/α,β-unsaturated/α-hetero) is 6. The van der Waals surface area contributed by atoms with Crippen LogP contribution in [0.25, 0.3) is 0 Å². The van der Waals surface area contributed by atoms with Crippen LogP contribution in [-0.4, -0.2) is 59.9 Å². The van der Waals surface area contributed by atoms with Gasteiger partial charge in [0.1, 0.15) is 34.7 Å². The second-order valence-electron chi connectivity index (χ2n) is 13.3. The van der Waals surface area contributed by atoms with Crippen LogP contribution in [-0.2, 0) is 48.0 Å². The van der Waals surface area contributed by atoms with Gasteiger partial charge in [-0.25, -0.2) is 0 Å². The van der Waals surface area contributed by atoms with Gasteiger partial charge in [-0.1, -0.05) is 177 Å². The Morgan fingerprint density at radius 3 is 1.08 bits per heavy atom. The van der Waals surface area contributed by atoms with Gasteiger partial charge in [0.15, 0.2) is 0 Å². The molecular weight excluding hydrogens is 777 g/mol. The lowest BCUT2D eigenvalue weighted by Gasteiger charge is -2.22. The van der Waals surface area contributed by atoms with Crippen LogP contribution in [0, 0.1) is 0 Å². The molecule has 0 saturated heterocycles. The summed E-state index contributed by atoms with van der Waals surface area (Å²) in [5.41, 5.74) is 7.26. The number of hydrogen-bond donors (Lipinski definition) is 0. The molecule has 6 nitrogen and oxygen atoms in total. The first kappa shape index (κ1) is 70.5. The first-order valence-corrected chi connectivity index (χ1v) is 23.4. The molecule has 3 fully saturated rings. The minimum atomic E-state index is 0. The van der Waals surface area contributed by atoms with E-state index in [1.54, 1.807) is 0 Å². The molecule has 0 aliphatic heterocycles. The number of carbonyl (C=O) groups excluding carboxylic acids is 6. The quantitative estimate of drug-likeness (QED) is 0.181. The van der Waals surface area contributed by atoms with Crippen LogP contribution in [0.15, 0.2) is 72.8 Å². The Morgan fingerprint density at radius 1 is 0.365 bits per heavy atom. The Bertz CT molecular complexity index is 1600. The Balaban J connectivity index is -0.000000169. The fraction of sp³-hybridized carbons (Fsp3) is 0.556. The summed E-state index contributed by atoms with van der Waals surface area (Å²) in [6, 6.07) is 24.6. The van der Waals surface area contributed by atoms with E-state index in [1.807, 2.05) is 107 Å². The van der Waals surface area contributed by atoms with Crippen LogP contribution in [0.3, 0.4) is 0 Å². The van der Waals surface area contributed by atoms with Gasteiger partial charge in [0.2, 0.25) is 0 Å². The standard InChI is InChI=1S/3C14H16O2.6C2H6.3B/c1-2-10-3-5-11(6-4-10)12-7-13(15)9-14(16)8-12;1-2-10-4-3-5-11(6-10)12-7-13(15)9-14(16)8-12;1-2-10-5-3-4-6-14(10)11-7-12(15)9-13(16)8-11;6*1-2;;;/h2*3-6,12H,2,7-9H2,1H3;3-6,11H,2,7-9H2,1H3;6*1-2H3;;;. The van der Waals surface area contributed by atoms with Gasteiger partial charge in [-0.3, -0.25) is 28.8 Å². The van der Waals surface area contributed by atoms with Crippen molar-refractivity contribution in [2.45, 2.75) is 199 Å². The monoisotopic (exact) mass is 862 g/mol. The average Bonchev–Trinajstić information content (AvgIpc) is 3.30. The molecule has 3 aliphatic carbocycles. The highest BCUT2D eigenvalue weighted by Crippen LogP contribution is 2.32. The van der Waals surface area contributed by atoms with E-state index in [-0.39, 0.29) is 97.0 Å². The van der Waals surface area contributed by atoms with Crippen molar-refractivity contribution >= 4 is 59.9 Å². The molecule has 9 heteroatoms. The minimum Gasteiger partial charge on any atom is -0.299 e. The van der Waals surface area contributed by atoms with Gasteiger partial charge in [0, 0.05) is 63.8 Å². The molecule has 0 N–H and O–H groups in total. The summed E-state index contributed by atoms with van der Waals surface area (Å²) in [5.74, 6) is 0.858. The number of aryl methyl sites for hydroxylation is 3. The Morgan fingerprint density at radius 2 is 0.714 bits per heavy atom. The molecule has 345 valence electrons. The summed E-state index contributed by atoms with van der Waals surface area (Å²) in [6.45, 7) is 30.3. The normalized spacial score (nSPS) is 14.1. The van der Waals surface area contributed by atoms with Crippen molar-refractivity contribution in [3.05, 3.63) is 106 Å². The molecule has 0 unspecified atom stereocenters. The van der Waals surface area contributed by atoms with E-state index >= 15 is 0 Å². The maximum atomic E-state index is 11.4. The van der Waals surface area contributed by atoms with Gasteiger partial charge in [-0.2, -0.15) is 0 Å². The molecule has 63 heavy (non-hydrogen) atoms. The van der Waals surface area contributed by atoms with Crippen molar-refractivity contribution in [1.29, 1.82) is 0 Å². The highest BCUT2D eigenvalue weighted by Gasteiger charge is 2.28. The SMILES string of the molecule is CC.CC.CC.CC.CC.CC.CCc1ccc(C2CC(=O)CC(=O)C2)cc1.CCc1cccc(C2CC(=O)CC(=O)C2)c1.CCc1ccccc1C1CC(=O)CC(=O)C1.[B].[B].[B]. The Hall–Kier alpha value is -4.13. The molecule has 3 aromatic rings. The van der Waals surface area contributed by atoms with Gasteiger partial charge in [0.25, 0.3) is 0 Å². The maximum absolute atomic E-state index is 11.4. The lowest BCUT2D eigenvalue weighted by molar-refractivity contribution is -0.131. The summed E-state index contributed by atoms with van der Waals surface area (Å²) in [7, 11) is 0. The molecule has 0 amide bonds. The third kappa shape index (κ3) is 27.6. The zero-order valence-corrected chi connectivity index (χ0v) is 42.3. The molecule has 0 heterocycles. The van der Waals surface area contributed by atoms with E-state index in [2.05, 4.69) is 69.3 Å². The predicted octanol–water partition coefficient (Wildman–Crippen LogP) is 13.0. The van der Waals surface area contributed by atoms with Crippen molar-refractivity contribution in [2.24, 2.45) is 0 Å². The molecule has 3 aliphatic rings. The number of rotatable bonds is 6. The summed E-state index contributed by atoms with van der Waals surface area (Å²) < 4.78 is 0. The molecule has 3 saturated carbocycles. The molecule has 6 rings (SSSR count). The van der Waals surface area contributed by atoms with Gasteiger partial charge in [0.05, 0.1) is 19.3 Å². The molecule has 3 aromatic carbocycles. The molecule has 0 atom stereocenters. The number of benzene rings is 3. The van der Waals surface area contributed by atoms with Crippen LogP contribution < -0.4 is 0 Å². The van der Waals surface area contributed by atoms with Crippen molar-refractivity contribution in [3.8, 4) is 0 Å². The molecule has 0 bridgehead atoms. The third-order valence-corrected chi connectivity index (χ3v) is 9.59.